The fourth-order valence-electron chi connectivity index (χ4n) is 2.98. The van der Waals surface area contributed by atoms with Gasteiger partial charge in [0.25, 0.3) is 5.91 Å². The highest BCUT2D eigenvalue weighted by atomic mass is 35.5. The SMILES string of the molecule is CNC(=O)c1ccccc1Nc1nc(NC2CCOc3ccccc3O2)ncc1Cl. The van der Waals surface area contributed by atoms with Crippen LogP contribution < -0.4 is 25.4 Å². The Bertz CT molecular complexity index is 1060. The molecule has 1 atom stereocenters. The second-order valence-electron chi connectivity index (χ2n) is 6.47. The van der Waals surface area contributed by atoms with Gasteiger partial charge in [0.2, 0.25) is 5.95 Å². The monoisotopic (exact) mass is 425 g/mol. The summed E-state index contributed by atoms with van der Waals surface area (Å²) in [5.41, 5.74) is 1.06. The highest BCUT2D eigenvalue weighted by molar-refractivity contribution is 6.33. The smallest absolute Gasteiger partial charge is 0.253 e. The van der Waals surface area contributed by atoms with Gasteiger partial charge in [-0.05, 0) is 24.3 Å². The molecule has 0 saturated heterocycles. The topological polar surface area (TPSA) is 97.4 Å². The summed E-state index contributed by atoms with van der Waals surface area (Å²) in [6.45, 7) is 0.493. The molecule has 0 bridgehead atoms. The van der Waals surface area contributed by atoms with Gasteiger partial charge in [-0.1, -0.05) is 35.9 Å². The summed E-state index contributed by atoms with van der Waals surface area (Å²) in [5, 5.41) is 9.21. The molecule has 1 unspecified atom stereocenters. The van der Waals surface area contributed by atoms with E-state index in [-0.39, 0.29) is 12.1 Å². The third-order valence-electron chi connectivity index (χ3n) is 4.44. The number of hydrogen-bond donors (Lipinski definition) is 3. The molecule has 3 aromatic rings. The van der Waals surface area contributed by atoms with Gasteiger partial charge in [0.05, 0.1) is 24.1 Å². The van der Waals surface area contributed by atoms with Crippen LogP contribution in [0.4, 0.5) is 17.5 Å². The number of ether oxygens (including phenoxy) is 2. The fourth-order valence-corrected chi connectivity index (χ4v) is 3.12. The minimum absolute atomic E-state index is 0.216. The van der Waals surface area contributed by atoms with Gasteiger partial charge in [0.15, 0.2) is 23.5 Å². The van der Waals surface area contributed by atoms with E-state index in [4.69, 9.17) is 21.1 Å². The van der Waals surface area contributed by atoms with Crippen molar-refractivity contribution in [1.29, 1.82) is 0 Å². The molecule has 0 spiro atoms. The van der Waals surface area contributed by atoms with E-state index >= 15 is 0 Å². The zero-order valence-electron chi connectivity index (χ0n) is 16.2. The molecule has 0 fully saturated rings. The van der Waals surface area contributed by atoms with Crippen molar-refractivity contribution in [3.05, 3.63) is 65.3 Å². The van der Waals surface area contributed by atoms with Crippen molar-refractivity contribution in [2.24, 2.45) is 0 Å². The Morgan fingerprint density at radius 3 is 2.73 bits per heavy atom. The van der Waals surface area contributed by atoms with E-state index in [0.717, 1.165) is 0 Å². The predicted molar refractivity (Wildman–Crippen MR) is 115 cm³/mol. The number of carbonyl (C=O) groups is 1. The van der Waals surface area contributed by atoms with Crippen LogP contribution in [-0.4, -0.2) is 35.8 Å². The summed E-state index contributed by atoms with van der Waals surface area (Å²) in [6, 6.07) is 14.6. The first-order chi connectivity index (χ1) is 14.6. The molecule has 9 heteroatoms. The van der Waals surface area contributed by atoms with E-state index in [0.29, 0.717) is 52.6 Å². The summed E-state index contributed by atoms with van der Waals surface area (Å²) in [6.07, 6.45) is 1.71. The average Bonchev–Trinajstić information content (AvgIpc) is 2.97. The number of anilines is 3. The average molecular weight is 426 g/mol. The van der Waals surface area contributed by atoms with Gasteiger partial charge < -0.3 is 25.4 Å². The van der Waals surface area contributed by atoms with Crippen LogP contribution in [0.1, 0.15) is 16.8 Å². The highest BCUT2D eigenvalue weighted by Crippen LogP contribution is 2.31. The van der Waals surface area contributed by atoms with Crippen LogP contribution in [0.15, 0.2) is 54.7 Å². The molecule has 0 aliphatic carbocycles. The Kier molecular flexibility index (Phi) is 5.85. The van der Waals surface area contributed by atoms with Crippen molar-refractivity contribution in [3.8, 4) is 11.5 Å². The van der Waals surface area contributed by atoms with Crippen LogP contribution in [0.25, 0.3) is 0 Å². The minimum atomic E-state index is -0.374. The van der Waals surface area contributed by atoms with Crippen LogP contribution in [0.2, 0.25) is 5.02 Å². The van der Waals surface area contributed by atoms with Crippen LogP contribution in [0, 0.1) is 0 Å². The maximum absolute atomic E-state index is 12.1. The van der Waals surface area contributed by atoms with Gasteiger partial charge in [-0.2, -0.15) is 4.98 Å². The van der Waals surface area contributed by atoms with Gasteiger partial charge in [0, 0.05) is 13.5 Å². The lowest BCUT2D eigenvalue weighted by molar-refractivity contribution is 0.0964. The normalized spacial score (nSPS) is 15.1. The number of fused-ring (bicyclic) bond motifs is 1. The van der Waals surface area contributed by atoms with Crippen molar-refractivity contribution in [3.63, 3.8) is 0 Å². The van der Waals surface area contributed by atoms with Crippen LogP contribution in [-0.2, 0) is 0 Å². The quantitative estimate of drug-likeness (QED) is 0.571. The van der Waals surface area contributed by atoms with E-state index in [1.807, 2.05) is 30.3 Å². The van der Waals surface area contributed by atoms with Gasteiger partial charge in [-0.15, -0.1) is 0 Å². The maximum atomic E-state index is 12.1. The van der Waals surface area contributed by atoms with Gasteiger partial charge in [0.1, 0.15) is 5.02 Å². The van der Waals surface area contributed by atoms with Gasteiger partial charge in [-0.25, -0.2) is 4.98 Å². The Morgan fingerprint density at radius 1 is 1.13 bits per heavy atom. The van der Waals surface area contributed by atoms with Crippen molar-refractivity contribution in [2.45, 2.75) is 12.6 Å². The molecule has 1 aromatic heterocycles. The van der Waals surface area contributed by atoms with Crippen molar-refractivity contribution in [1.82, 2.24) is 15.3 Å². The lowest BCUT2D eigenvalue weighted by Gasteiger charge is -2.18. The van der Waals surface area contributed by atoms with E-state index < -0.39 is 0 Å². The molecular formula is C21H20ClN5O3. The molecule has 3 N–H and O–H groups in total. The molecule has 1 amide bonds. The van der Waals surface area contributed by atoms with Crippen molar-refractivity contribution >= 4 is 35.0 Å². The Morgan fingerprint density at radius 2 is 1.90 bits per heavy atom. The number of aromatic nitrogens is 2. The third-order valence-corrected chi connectivity index (χ3v) is 4.72. The zero-order valence-corrected chi connectivity index (χ0v) is 16.9. The maximum Gasteiger partial charge on any atom is 0.253 e. The Balaban J connectivity index is 1.54. The number of para-hydroxylation sites is 3. The van der Waals surface area contributed by atoms with Gasteiger partial charge >= 0.3 is 0 Å². The summed E-state index contributed by atoms with van der Waals surface area (Å²) < 4.78 is 11.7. The Labute approximate surface area is 178 Å². The zero-order chi connectivity index (χ0) is 20.9. The third kappa shape index (κ3) is 4.38. The van der Waals surface area contributed by atoms with E-state index in [9.17, 15) is 4.79 Å². The van der Waals surface area contributed by atoms with E-state index in [1.54, 1.807) is 25.2 Å². The molecule has 154 valence electrons. The standard InChI is InChI=1S/C21H20ClN5O3/c1-23-20(28)13-6-2-3-7-15(13)25-19-14(22)12-24-21(27-19)26-18-10-11-29-16-8-4-5-9-17(16)30-18/h2-9,12,18H,10-11H2,1H3,(H,23,28)(H2,24,25,26,27). The number of amides is 1. The number of rotatable bonds is 5. The minimum Gasteiger partial charge on any atom is -0.489 e. The van der Waals surface area contributed by atoms with Gasteiger partial charge in [-0.3, -0.25) is 4.79 Å². The first-order valence-electron chi connectivity index (χ1n) is 9.40. The molecule has 4 rings (SSSR count). The first kappa shape index (κ1) is 19.8. The molecule has 2 aromatic carbocycles. The molecule has 8 nitrogen and oxygen atoms in total. The lowest BCUT2D eigenvalue weighted by Crippen LogP contribution is -2.28. The summed E-state index contributed by atoms with van der Waals surface area (Å²) in [4.78, 5) is 20.8. The number of nitrogens with one attached hydrogen (secondary N) is 3. The van der Waals surface area contributed by atoms with Crippen molar-refractivity contribution in [2.75, 3.05) is 24.3 Å². The Hall–Kier alpha value is -3.52. The largest absolute Gasteiger partial charge is 0.489 e. The number of halogens is 1. The number of carbonyl (C=O) groups excluding carboxylic acids is 1. The molecule has 1 aliphatic heterocycles. The van der Waals surface area contributed by atoms with Crippen LogP contribution >= 0.6 is 11.6 Å². The molecule has 0 saturated carbocycles. The predicted octanol–water partition coefficient (Wildman–Crippen LogP) is 3.83. The molecule has 0 radical (unpaired) electrons. The highest BCUT2D eigenvalue weighted by Gasteiger charge is 2.20. The van der Waals surface area contributed by atoms with E-state index in [1.165, 1.54) is 6.20 Å². The second kappa shape index (κ2) is 8.87. The number of nitrogens with zero attached hydrogens (tertiary/aromatic N) is 2. The lowest BCUT2D eigenvalue weighted by atomic mass is 10.1. The molecule has 2 heterocycles. The number of benzene rings is 2. The van der Waals surface area contributed by atoms with E-state index in [2.05, 4.69) is 25.9 Å². The van der Waals surface area contributed by atoms with Crippen LogP contribution in [0.5, 0.6) is 11.5 Å². The fraction of sp³-hybridized carbons (Fsp3) is 0.190. The summed E-state index contributed by atoms with van der Waals surface area (Å²) in [7, 11) is 1.58. The number of hydrogen-bond acceptors (Lipinski definition) is 7. The van der Waals surface area contributed by atoms with Crippen molar-refractivity contribution < 1.29 is 14.3 Å². The molecule has 1 aliphatic rings. The second-order valence-corrected chi connectivity index (χ2v) is 6.88. The molecular weight excluding hydrogens is 406 g/mol. The summed E-state index contributed by atoms with van der Waals surface area (Å²) in [5.74, 6) is 1.85. The first-order valence-corrected chi connectivity index (χ1v) is 9.77. The van der Waals surface area contributed by atoms with Crippen LogP contribution in [0.3, 0.4) is 0 Å². The molecule has 30 heavy (non-hydrogen) atoms. The summed E-state index contributed by atoms with van der Waals surface area (Å²) >= 11 is 6.28.